The molecule has 1 aromatic heterocycles. The van der Waals surface area contributed by atoms with E-state index in [0.29, 0.717) is 6.54 Å². The fourth-order valence-electron chi connectivity index (χ4n) is 2.32. The third-order valence-corrected chi connectivity index (χ3v) is 3.27. The fraction of sp³-hybridized carbons (Fsp3) is 0.333. The van der Waals surface area contributed by atoms with E-state index < -0.39 is 5.97 Å². The van der Waals surface area contributed by atoms with Crippen LogP contribution in [-0.2, 0) is 18.4 Å². The molecule has 106 valence electrons. The van der Waals surface area contributed by atoms with Gasteiger partial charge < -0.3 is 5.11 Å². The van der Waals surface area contributed by atoms with Gasteiger partial charge in [0.05, 0.1) is 12.6 Å². The predicted octanol–water partition coefficient (Wildman–Crippen LogP) is 2.07. The molecule has 1 aromatic carbocycles. The molecule has 0 fully saturated rings. The molecule has 0 radical (unpaired) electrons. The monoisotopic (exact) mass is 273 g/mol. The Balaban J connectivity index is 2.15. The SMILES string of the molecule is CN(Cc1cnn(C)c1)C(CC(=O)O)c1ccccc1. The molecule has 0 amide bonds. The molecule has 2 rings (SSSR count). The molecule has 5 heteroatoms. The van der Waals surface area contributed by atoms with Gasteiger partial charge in [0.25, 0.3) is 0 Å². The first-order valence-corrected chi connectivity index (χ1v) is 6.51. The third kappa shape index (κ3) is 3.68. The number of hydrogen-bond donors (Lipinski definition) is 1. The Morgan fingerprint density at radius 3 is 2.65 bits per heavy atom. The van der Waals surface area contributed by atoms with Crippen LogP contribution in [0, 0.1) is 0 Å². The molecule has 0 aliphatic carbocycles. The van der Waals surface area contributed by atoms with Crippen LogP contribution in [0.3, 0.4) is 0 Å². The third-order valence-electron chi connectivity index (χ3n) is 3.27. The molecule has 1 unspecified atom stereocenters. The summed E-state index contributed by atoms with van der Waals surface area (Å²) in [6.07, 6.45) is 3.83. The number of aryl methyl sites for hydroxylation is 1. The van der Waals surface area contributed by atoms with Crippen molar-refractivity contribution in [1.82, 2.24) is 14.7 Å². The van der Waals surface area contributed by atoms with Crippen molar-refractivity contribution < 1.29 is 9.90 Å². The van der Waals surface area contributed by atoms with Crippen LogP contribution in [0.15, 0.2) is 42.7 Å². The van der Waals surface area contributed by atoms with Gasteiger partial charge >= 0.3 is 5.97 Å². The molecule has 0 bridgehead atoms. The van der Waals surface area contributed by atoms with Crippen LogP contribution in [0.5, 0.6) is 0 Å². The van der Waals surface area contributed by atoms with Gasteiger partial charge in [0.2, 0.25) is 0 Å². The first-order valence-electron chi connectivity index (χ1n) is 6.51. The summed E-state index contributed by atoms with van der Waals surface area (Å²) in [5, 5.41) is 13.3. The number of carbonyl (C=O) groups is 1. The zero-order chi connectivity index (χ0) is 14.5. The van der Waals surface area contributed by atoms with Crippen LogP contribution in [0.1, 0.15) is 23.6 Å². The molecule has 1 N–H and O–H groups in total. The lowest BCUT2D eigenvalue weighted by atomic mass is 10.0. The number of carboxylic acid groups (broad SMARTS) is 1. The molecule has 0 aliphatic heterocycles. The van der Waals surface area contributed by atoms with Crippen molar-refractivity contribution in [3.8, 4) is 0 Å². The molecule has 0 spiro atoms. The van der Waals surface area contributed by atoms with E-state index in [-0.39, 0.29) is 12.5 Å². The maximum Gasteiger partial charge on any atom is 0.305 e. The Kier molecular flexibility index (Phi) is 4.53. The largest absolute Gasteiger partial charge is 0.481 e. The number of rotatable bonds is 6. The molecule has 5 nitrogen and oxygen atoms in total. The van der Waals surface area contributed by atoms with Gasteiger partial charge in [-0.25, -0.2) is 0 Å². The van der Waals surface area contributed by atoms with E-state index in [1.807, 2.05) is 55.5 Å². The van der Waals surface area contributed by atoms with Gasteiger partial charge in [-0.3, -0.25) is 14.4 Å². The minimum Gasteiger partial charge on any atom is -0.481 e. The summed E-state index contributed by atoms with van der Waals surface area (Å²) in [5.74, 6) is -0.795. The molecule has 0 saturated heterocycles. The van der Waals surface area contributed by atoms with Crippen molar-refractivity contribution >= 4 is 5.97 Å². The number of hydrogen-bond acceptors (Lipinski definition) is 3. The summed E-state index contributed by atoms with van der Waals surface area (Å²) in [6.45, 7) is 0.667. The van der Waals surface area contributed by atoms with Crippen molar-refractivity contribution in [2.24, 2.45) is 7.05 Å². The second kappa shape index (κ2) is 6.34. The quantitative estimate of drug-likeness (QED) is 0.875. The molecule has 0 saturated carbocycles. The van der Waals surface area contributed by atoms with Gasteiger partial charge in [-0.15, -0.1) is 0 Å². The van der Waals surface area contributed by atoms with Crippen LogP contribution in [0.2, 0.25) is 0 Å². The Morgan fingerprint density at radius 2 is 2.10 bits per heavy atom. The minimum absolute atomic E-state index is 0.0841. The normalized spacial score (nSPS) is 12.6. The Bertz CT molecular complexity index is 566. The lowest BCUT2D eigenvalue weighted by Crippen LogP contribution is -2.26. The molecular formula is C15H19N3O2. The predicted molar refractivity (Wildman–Crippen MR) is 76.1 cm³/mol. The van der Waals surface area contributed by atoms with Crippen LogP contribution in [0.4, 0.5) is 0 Å². The minimum atomic E-state index is -0.795. The highest BCUT2D eigenvalue weighted by Crippen LogP contribution is 2.24. The number of nitrogens with zero attached hydrogens (tertiary/aromatic N) is 3. The first kappa shape index (κ1) is 14.3. The Morgan fingerprint density at radius 1 is 1.40 bits per heavy atom. The van der Waals surface area contributed by atoms with Crippen LogP contribution in [-0.4, -0.2) is 32.8 Å². The van der Waals surface area contributed by atoms with Crippen LogP contribution >= 0.6 is 0 Å². The van der Waals surface area contributed by atoms with Crippen LogP contribution in [0.25, 0.3) is 0 Å². The topological polar surface area (TPSA) is 58.4 Å². The molecule has 1 atom stereocenters. The van der Waals surface area contributed by atoms with E-state index >= 15 is 0 Å². The van der Waals surface area contributed by atoms with Crippen molar-refractivity contribution in [2.45, 2.75) is 19.0 Å². The van der Waals surface area contributed by atoms with Gasteiger partial charge in [-0.1, -0.05) is 30.3 Å². The fourth-order valence-corrected chi connectivity index (χ4v) is 2.32. The maximum atomic E-state index is 11.1. The van der Waals surface area contributed by atoms with E-state index in [1.165, 1.54) is 0 Å². The second-order valence-corrected chi connectivity index (χ2v) is 4.96. The highest BCUT2D eigenvalue weighted by molar-refractivity contribution is 5.67. The van der Waals surface area contributed by atoms with E-state index in [9.17, 15) is 4.79 Å². The number of aliphatic carboxylic acids is 1. The smallest absolute Gasteiger partial charge is 0.305 e. The van der Waals surface area contributed by atoms with Gasteiger partial charge in [-0.05, 0) is 12.6 Å². The van der Waals surface area contributed by atoms with Crippen molar-refractivity contribution in [2.75, 3.05) is 7.05 Å². The summed E-state index contributed by atoms with van der Waals surface area (Å²) >= 11 is 0. The molecule has 20 heavy (non-hydrogen) atoms. The van der Waals surface area contributed by atoms with E-state index in [0.717, 1.165) is 11.1 Å². The van der Waals surface area contributed by atoms with Crippen molar-refractivity contribution in [3.05, 3.63) is 53.9 Å². The summed E-state index contributed by atoms with van der Waals surface area (Å²) in [6, 6.07) is 9.58. The summed E-state index contributed by atoms with van der Waals surface area (Å²) in [4.78, 5) is 13.1. The van der Waals surface area contributed by atoms with Gasteiger partial charge in [0, 0.05) is 31.4 Å². The first-order chi connectivity index (χ1) is 9.56. The zero-order valence-electron chi connectivity index (χ0n) is 11.7. The van der Waals surface area contributed by atoms with E-state index in [1.54, 1.807) is 10.9 Å². The summed E-state index contributed by atoms with van der Waals surface area (Å²) < 4.78 is 1.75. The van der Waals surface area contributed by atoms with Gasteiger partial charge in [0.15, 0.2) is 0 Å². The second-order valence-electron chi connectivity index (χ2n) is 4.96. The summed E-state index contributed by atoms with van der Waals surface area (Å²) in [7, 11) is 3.81. The highest BCUT2D eigenvalue weighted by Gasteiger charge is 2.20. The van der Waals surface area contributed by atoms with Crippen molar-refractivity contribution in [3.63, 3.8) is 0 Å². The Labute approximate surface area is 118 Å². The number of benzene rings is 1. The van der Waals surface area contributed by atoms with Crippen molar-refractivity contribution in [1.29, 1.82) is 0 Å². The van der Waals surface area contributed by atoms with Gasteiger partial charge in [-0.2, -0.15) is 5.10 Å². The standard InChI is InChI=1S/C15H19N3O2/c1-17(10-12-9-16-18(2)11-12)14(8-15(19)20)13-6-4-3-5-7-13/h3-7,9,11,14H,8,10H2,1-2H3,(H,19,20). The average Bonchev–Trinajstić information content (AvgIpc) is 2.82. The molecule has 1 heterocycles. The van der Waals surface area contributed by atoms with E-state index in [4.69, 9.17) is 5.11 Å². The average molecular weight is 273 g/mol. The number of aromatic nitrogens is 2. The molecular weight excluding hydrogens is 254 g/mol. The van der Waals surface area contributed by atoms with Gasteiger partial charge in [0.1, 0.15) is 0 Å². The lowest BCUT2D eigenvalue weighted by molar-refractivity contribution is -0.138. The number of carboxylic acids is 1. The van der Waals surface area contributed by atoms with Crippen LogP contribution < -0.4 is 0 Å². The zero-order valence-corrected chi connectivity index (χ0v) is 11.7. The van der Waals surface area contributed by atoms with E-state index in [2.05, 4.69) is 5.10 Å². The highest BCUT2D eigenvalue weighted by atomic mass is 16.4. The molecule has 0 aliphatic rings. The Hall–Kier alpha value is -2.14. The maximum absolute atomic E-state index is 11.1. The lowest BCUT2D eigenvalue weighted by Gasteiger charge is -2.26. The summed E-state index contributed by atoms with van der Waals surface area (Å²) in [5.41, 5.74) is 2.09. The molecule has 2 aromatic rings.